The van der Waals surface area contributed by atoms with Gasteiger partial charge >= 0.3 is 0 Å². The van der Waals surface area contributed by atoms with Crippen molar-refractivity contribution in [1.29, 1.82) is 5.26 Å². The number of nitriles is 1. The molecule has 1 saturated heterocycles. The van der Waals surface area contributed by atoms with E-state index in [-0.39, 0.29) is 5.82 Å². The van der Waals surface area contributed by atoms with Gasteiger partial charge in [0, 0.05) is 30.9 Å². The predicted octanol–water partition coefficient (Wildman–Crippen LogP) is 2.35. The van der Waals surface area contributed by atoms with E-state index in [0.717, 1.165) is 25.6 Å². The maximum Gasteiger partial charge on any atom is 0.126 e. The van der Waals surface area contributed by atoms with Crippen LogP contribution in [0.3, 0.4) is 0 Å². The molecular weight excluding hydrogens is 229 g/mol. The first-order chi connectivity index (χ1) is 8.74. The van der Waals surface area contributed by atoms with E-state index in [1.54, 1.807) is 6.07 Å². The number of hydrogen-bond donors (Lipinski definition) is 1. The van der Waals surface area contributed by atoms with Crippen molar-refractivity contribution in [2.45, 2.75) is 31.3 Å². The van der Waals surface area contributed by atoms with Gasteiger partial charge in [-0.05, 0) is 37.5 Å². The first kappa shape index (κ1) is 11.5. The van der Waals surface area contributed by atoms with Crippen molar-refractivity contribution in [2.24, 2.45) is 0 Å². The molecule has 1 aliphatic heterocycles. The van der Waals surface area contributed by atoms with Gasteiger partial charge in [0.2, 0.25) is 0 Å². The molecule has 18 heavy (non-hydrogen) atoms. The van der Waals surface area contributed by atoms with Gasteiger partial charge in [0.25, 0.3) is 0 Å². The minimum Gasteiger partial charge on any atom is -0.381 e. The van der Waals surface area contributed by atoms with Crippen LogP contribution in [0.2, 0.25) is 0 Å². The lowest BCUT2D eigenvalue weighted by Crippen LogP contribution is -2.27. The molecule has 3 rings (SSSR count). The van der Waals surface area contributed by atoms with Gasteiger partial charge in [-0.25, -0.2) is 4.39 Å². The molecule has 2 aliphatic rings. The fourth-order valence-electron chi connectivity index (χ4n) is 2.65. The Hall–Kier alpha value is -1.60. The highest BCUT2D eigenvalue weighted by molar-refractivity contribution is 5.50. The lowest BCUT2D eigenvalue weighted by atomic mass is 10.2. The van der Waals surface area contributed by atoms with Crippen molar-refractivity contribution in [1.82, 2.24) is 4.90 Å². The van der Waals surface area contributed by atoms with Crippen molar-refractivity contribution in [3.63, 3.8) is 0 Å². The van der Waals surface area contributed by atoms with Gasteiger partial charge in [-0.3, -0.25) is 4.90 Å². The van der Waals surface area contributed by atoms with Crippen LogP contribution in [0, 0.1) is 17.1 Å². The van der Waals surface area contributed by atoms with Crippen molar-refractivity contribution in [2.75, 3.05) is 18.4 Å². The van der Waals surface area contributed by atoms with Crippen LogP contribution in [-0.4, -0.2) is 30.1 Å². The Bertz CT molecular complexity index is 490. The van der Waals surface area contributed by atoms with Crippen LogP contribution >= 0.6 is 0 Å². The molecule has 0 spiro atoms. The first-order valence-corrected chi connectivity index (χ1v) is 6.46. The van der Waals surface area contributed by atoms with Gasteiger partial charge < -0.3 is 5.32 Å². The second kappa shape index (κ2) is 4.58. The Morgan fingerprint density at radius 3 is 2.83 bits per heavy atom. The average molecular weight is 245 g/mol. The lowest BCUT2D eigenvalue weighted by Gasteiger charge is -2.16. The summed E-state index contributed by atoms with van der Waals surface area (Å²) in [6.07, 6.45) is 3.74. The van der Waals surface area contributed by atoms with Gasteiger partial charge in [0.15, 0.2) is 0 Å². The van der Waals surface area contributed by atoms with Crippen LogP contribution in [0.4, 0.5) is 10.1 Å². The second-order valence-electron chi connectivity index (χ2n) is 5.20. The number of rotatable bonds is 3. The number of benzene rings is 1. The van der Waals surface area contributed by atoms with Gasteiger partial charge in [-0.2, -0.15) is 5.26 Å². The van der Waals surface area contributed by atoms with E-state index in [1.165, 1.54) is 25.0 Å². The Labute approximate surface area is 106 Å². The minimum atomic E-state index is -0.353. The fourth-order valence-corrected chi connectivity index (χ4v) is 2.65. The number of hydrogen-bond acceptors (Lipinski definition) is 3. The van der Waals surface area contributed by atoms with E-state index in [2.05, 4.69) is 10.2 Å². The SMILES string of the molecule is N#Cc1cc(F)cc(NC2CCN(C3CC3)C2)c1. The molecule has 1 saturated carbocycles. The second-order valence-corrected chi connectivity index (χ2v) is 5.20. The molecule has 4 heteroatoms. The summed E-state index contributed by atoms with van der Waals surface area (Å²) in [5.74, 6) is -0.353. The monoisotopic (exact) mass is 245 g/mol. The molecule has 1 unspecified atom stereocenters. The van der Waals surface area contributed by atoms with E-state index >= 15 is 0 Å². The van der Waals surface area contributed by atoms with Gasteiger partial charge in [0.05, 0.1) is 11.6 Å². The molecule has 1 aliphatic carbocycles. The third kappa shape index (κ3) is 2.46. The van der Waals surface area contributed by atoms with Crippen LogP contribution in [0.1, 0.15) is 24.8 Å². The molecule has 0 amide bonds. The Kier molecular flexibility index (Phi) is 2.92. The summed E-state index contributed by atoms with van der Waals surface area (Å²) in [4.78, 5) is 2.50. The van der Waals surface area contributed by atoms with Gasteiger partial charge in [0.1, 0.15) is 5.82 Å². The van der Waals surface area contributed by atoms with E-state index in [9.17, 15) is 4.39 Å². The topological polar surface area (TPSA) is 39.1 Å². The summed E-state index contributed by atoms with van der Waals surface area (Å²) in [7, 11) is 0. The zero-order valence-corrected chi connectivity index (χ0v) is 10.2. The minimum absolute atomic E-state index is 0.353. The Balaban J connectivity index is 1.66. The molecule has 1 aromatic rings. The highest BCUT2D eigenvalue weighted by Gasteiger charge is 2.34. The first-order valence-electron chi connectivity index (χ1n) is 6.46. The molecule has 3 nitrogen and oxygen atoms in total. The normalized spacial score (nSPS) is 23.9. The summed E-state index contributed by atoms with van der Waals surface area (Å²) in [6, 6.07) is 7.57. The molecule has 2 fully saturated rings. The van der Waals surface area contributed by atoms with Crippen molar-refractivity contribution < 1.29 is 4.39 Å². The summed E-state index contributed by atoms with van der Waals surface area (Å²) < 4.78 is 13.3. The maximum atomic E-state index is 13.3. The molecule has 1 heterocycles. The zero-order chi connectivity index (χ0) is 12.5. The zero-order valence-electron chi connectivity index (χ0n) is 10.2. The number of anilines is 1. The summed E-state index contributed by atoms with van der Waals surface area (Å²) >= 11 is 0. The lowest BCUT2D eigenvalue weighted by molar-refractivity contribution is 0.326. The highest BCUT2D eigenvalue weighted by atomic mass is 19.1. The van der Waals surface area contributed by atoms with Gasteiger partial charge in [-0.15, -0.1) is 0 Å². The van der Waals surface area contributed by atoms with Crippen LogP contribution in [-0.2, 0) is 0 Å². The molecule has 1 N–H and O–H groups in total. The molecule has 0 radical (unpaired) electrons. The van der Waals surface area contributed by atoms with Gasteiger partial charge in [-0.1, -0.05) is 0 Å². The number of likely N-dealkylation sites (tertiary alicyclic amines) is 1. The molecule has 94 valence electrons. The number of nitrogens with one attached hydrogen (secondary N) is 1. The smallest absolute Gasteiger partial charge is 0.126 e. The fraction of sp³-hybridized carbons (Fsp3) is 0.500. The molecule has 1 atom stereocenters. The molecular formula is C14H16FN3. The van der Waals surface area contributed by atoms with E-state index in [1.807, 2.05) is 6.07 Å². The Morgan fingerprint density at radius 2 is 2.11 bits per heavy atom. The Morgan fingerprint density at radius 1 is 1.28 bits per heavy atom. The van der Waals surface area contributed by atoms with Crippen LogP contribution in [0.15, 0.2) is 18.2 Å². The molecule has 0 bridgehead atoms. The number of nitrogens with zero attached hydrogens (tertiary/aromatic N) is 2. The third-order valence-electron chi connectivity index (χ3n) is 3.68. The quantitative estimate of drug-likeness (QED) is 0.888. The predicted molar refractivity (Wildman–Crippen MR) is 67.7 cm³/mol. The van der Waals surface area contributed by atoms with Crippen LogP contribution < -0.4 is 5.32 Å². The maximum absolute atomic E-state index is 13.3. The summed E-state index contributed by atoms with van der Waals surface area (Å²) in [5, 5.41) is 12.2. The summed E-state index contributed by atoms with van der Waals surface area (Å²) in [6.45, 7) is 2.16. The van der Waals surface area contributed by atoms with Crippen LogP contribution in [0.25, 0.3) is 0 Å². The molecule has 1 aromatic carbocycles. The van der Waals surface area contributed by atoms with Crippen molar-refractivity contribution in [3.05, 3.63) is 29.6 Å². The van der Waals surface area contributed by atoms with E-state index < -0.39 is 0 Å². The van der Waals surface area contributed by atoms with E-state index in [4.69, 9.17) is 5.26 Å². The highest BCUT2D eigenvalue weighted by Crippen LogP contribution is 2.30. The van der Waals surface area contributed by atoms with E-state index in [0.29, 0.717) is 17.3 Å². The largest absolute Gasteiger partial charge is 0.381 e. The van der Waals surface area contributed by atoms with Crippen LogP contribution in [0.5, 0.6) is 0 Å². The van der Waals surface area contributed by atoms with Crippen molar-refractivity contribution in [3.8, 4) is 6.07 Å². The van der Waals surface area contributed by atoms with Crippen molar-refractivity contribution >= 4 is 5.69 Å². The summed E-state index contributed by atoms with van der Waals surface area (Å²) in [5.41, 5.74) is 1.09. The molecule has 0 aromatic heterocycles. The number of halogens is 1. The standard InChI is InChI=1S/C14H16FN3/c15-11-5-10(8-16)6-13(7-11)17-12-3-4-18(9-12)14-1-2-14/h5-7,12,14,17H,1-4,9H2. The average Bonchev–Trinajstić information content (AvgIpc) is 3.10. The third-order valence-corrected chi connectivity index (χ3v) is 3.68.